The van der Waals surface area contributed by atoms with E-state index in [0.717, 1.165) is 0 Å². The van der Waals surface area contributed by atoms with E-state index in [2.05, 4.69) is 20.2 Å². The molecule has 6 nitrogen and oxygen atoms in total. The molecule has 9 heteroatoms. The highest BCUT2D eigenvalue weighted by atomic mass is 19.4. The van der Waals surface area contributed by atoms with Gasteiger partial charge in [-0.25, -0.2) is 4.98 Å². The summed E-state index contributed by atoms with van der Waals surface area (Å²) in [6.45, 7) is 1.73. The first-order valence-corrected chi connectivity index (χ1v) is 6.62. The number of aryl methyl sites for hydroxylation is 2. The lowest BCUT2D eigenvalue weighted by atomic mass is 10.2. The maximum Gasteiger partial charge on any atom is 0.422 e. The van der Waals surface area contributed by atoms with Gasteiger partial charge in [0.15, 0.2) is 6.61 Å². The fourth-order valence-electron chi connectivity index (χ4n) is 1.91. The third-order valence-electron chi connectivity index (χ3n) is 2.92. The number of carbonyl (C=O) groups is 1. The minimum Gasteiger partial charge on any atom is -0.468 e. The maximum atomic E-state index is 12.2. The van der Waals surface area contributed by atoms with Crippen molar-refractivity contribution >= 4 is 5.91 Å². The molecule has 0 saturated heterocycles. The first-order chi connectivity index (χ1) is 10.8. The molecule has 0 spiro atoms. The summed E-state index contributed by atoms with van der Waals surface area (Å²) in [5, 5.41) is 6.25. The molecule has 0 saturated carbocycles. The first kappa shape index (κ1) is 16.8. The Morgan fingerprint density at radius 2 is 2.13 bits per heavy atom. The number of nitrogens with one attached hydrogen (secondary N) is 1. The van der Waals surface area contributed by atoms with Gasteiger partial charge in [0.2, 0.25) is 5.88 Å². The number of hydrogen-bond donors (Lipinski definition) is 1. The predicted molar refractivity (Wildman–Crippen MR) is 72.9 cm³/mol. The second-order valence-electron chi connectivity index (χ2n) is 4.75. The number of carbonyl (C=O) groups excluding carboxylic acids is 1. The van der Waals surface area contributed by atoms with E-state index in [9.17, 15) is 18.0 Å². The van der Waals surface area contributed by atoms with Crippen LogP contribution in [0.25, 0.3) is 0 Å². The van der Waals surface area contributed by atoms with Gasteiger partial charge >= 0.3 is 6.18 Å². The Hall–Kier alpha value is -2.58. The molecule has 0 aliphatic heterocycles. The van der Waals surface area contributed by atoms with Gasteiger partial charge in [0.1, 0.15) is 11.3 Å². The van der Waals surface area contributed by atoms with Crippen LogP contribution in [0.1, 0.15) is 27.4 Å². The monoisotopic (exact) mass is 329 g/mol. The van der Waals surface area contributed by atoms with Crippen molar-refractivity contribution in [2.24, 2.45) is 0 Å². The Balaban J connectivity index is 2.05. The predicted octanol–water partition coefficient (Wildman–Crippen LogP) is 2.56. The van der Waals surface area contributed by atoms with Crippen LogP contribution in [0, 0.1) is 13.8 Å². The summed E-state index contributed by atoms with van der Waals surface area (Å²) < 4.78 is 46.2. The Labute approximate surface area is 129 Å². The molecule has 2 aromatic heterocycles. The molecule has 0 unspecified atom stereocenters. The Kier molecular flexibility index (Phi) is 4.87. The highest BCUT2D eigenvalue weighted by Gasteiger charge is 2.29. The summed E-state index contributed by atoms with van der Waals surface area (Å²) >= 11 is 0. The largest absolute Gasteiger partial charge is 0.468 e. The van der Waals surface area contributed by atoms with Crippen molar-refractivity contribution in [1.82, 2.24) is 15.5 Å². The number of alkyl halides is 3. The number of ether oxygens (including phenoxy) is 1. The molecule has 2 aromatic rings. The molecule has 0 aliphatic rings. The van der Waals surface area contributed by atoms with Gasteiger partial charge in [-0.2, -0.15) is 13.2 Å². The first-order valence-electron chi connectivity index (χ1n) is 6.62. The van der Waals surface area contributed by atoms with Gasteiger partial charge in [-0.05, 0) is 19.9 Å². The van der Waals surface area contributed by atoms with Gasteiger partial charge in [0.25, 0.3) is 5.91 Å². The molecule has 124 valence electrons. The van der Waals surface area contributed by atoms with E-state index in [1.54, 1.807) is 13.8 Å². The van der Waals surface area contributed by atoms with E-state index in [1.165, 1.54) is 18.3 Å². The maximum absolute atomic E-state index is 12.2. The average molecular weight is 329 g/mol. The van der Waals surface area contributed by atoms with Crippen molar-refractivity contribution in [3.05, 3.63) is 40.9 Å². The molecule has 0 aliphatic carbocycles. The summed E-state index contributed by atoms with van der Waals surface area (Å²) in [4.78, 5) is 15.9. The van der Waals surface area contributed by atoms with Gasteiger partial charge in [0.05, 0.1) is 5.69 Å². The zero-order valence-electron chi connectivity index (χ0n) is 12.4. The summed E-state index contributed by atoms with van der Waals surface area (Å²) in [5.74, 6) is -0.254. The summed E-state index contributed by atoms with van der Waals surface area (Å²) in [7, 11) is 0. The lowest BCUT2D eigenvalue weighted by molar-refractivity contribution is -0.154. The van der Waals surface area contributed by atoms with Crippen molar-refractivity contribution in [3.8, 4) is 5.88 Å². The smallest absolute Gasteiger partial charge is 0.422 e. The van der Waals surface area contributed by atoms with Crippen LogP contribution in [0.2, 0.25) is 0 Å². The normalized spacial score (nSPS) is 11.3. The number of aromatic nitrogens is 2. The molecule has 0 radical (unpaired) electrons. The van der Waals surface area contributed by atoms with Crippen molar-refractivity contribution < 1.29 is 27.2 Å². The lowest BCUT2D eigenvalue weighted by Gasteiger charge is -2.12. The highest BCUT2D eigenvalue weighted by Crippen LogP contribution is 2.20. The van der Waals surface area contributed by atoms with E-state index >= 15 is 0 Å². The van der Waals surface area contributed by atoms with Gasteiger partial charge < -0.3 is 14.6 Å². The molecule has 23 heavy (non-hydrogen) atoms. The molecule has 0 fully saturated rings. The molecule has 2 rings (SSSR count). The fraction of sp³-hybridized carbons (Fsp3) is 0.357. The fourth-order valence-corrected chi connectivity index (χ4v) is 1.91. The van der Waals surface area contributed by atoms with Crippen molar-refractivity contribution in [2.45, 2.75) is 26.6 Å². The van der Waals surface area contributed by atoms with Crippen molar-refractivity contribution in [3.63, 3.8) is 0 Å². The van der Waals surface area contributed by atoms with E-state index < -0.39 is 18.7 Å². The molecule has 1 amide bonds. The van der Waals surface area contributed by atoms with E-state index in [-0.39, 0.29) is 12.4 Å². The Morgan fingerprint density at radius 1 is 1.39 bits per heavy atom. The quantitative estimate of drug-likeness (QED) is 0.912. The molecular formula is C14H14F3N3O3. The van der Waals surface area contributed by atoms with Crippen molar-refractivity contribution in [1.29, 1.82) is 0 Å². The SMILES string of the molecule is Cc1noc(C)c1C(=O)NCc1cccnc1OCC(F)(F)F. The standard InChI is InChI=1S/C14H14F3N3O3/c1-8-11(9(2)23-20-8)12(21)19-6-10-4-3-5-18-13(10)22-7-14(15,16)17/h3-5H,6-7H2,1-2H3,(H,19,21). The van der Waals surface area contributed by atoms with Crippen LogP contribution >= 0.6 is 0 Å². The molecule has 1 N–H and O–H groups in total. The van der Waals surface area contributed by atoms with Crippen LogP contribution in [-0.2, 0) is 6.54 Å². The van der Waals surface area contributed by atoms with Gasteiger partial charge in [0, 0.05) is 18.3 Å². The number of pyridine rings is 1. The number of rotatable bonds is 5. The van der Waals surface area contributed by atoms with Crippen LogP contribution in [0.5, 0.6) is 5.88 Å². The minimum atomic E-state index is -4.46. The van der Waals surface area contributed by atoms with Crippen LogP contribution in [0.3, 0.4) is 0 Å². The van der Waals surface area contributed by atoms with Gasteiger partial charge in [-0.3, -0.25) is 4.79 Å². The van der Waals surface area contributed by atoms with E-state index in [0.29, 0.717) is 22.6 Å². The van der Waals surface area contributed by atoms with Gasteiger partial charge in [-0.1, -0.05) is 11.2 Å². The summed E-state index contributed by atoms with van der Waals surface area (Å²) in [6.07, 6.45) is -3.15. The second kappa shape index (κ2) is 6.67. The van der Waals surface area contributed by atoms with E-state index in [4.69, 9.17) is 4.52 Å². The third-order valence-corrected chi connectivity index (χ3v) is 2.92. The van der Waals surface area contributed by atoms with Crippen molar-refractivity contribution in [2.75, 3.05) is 6.61 Å². The molecular weight excluding hydrogens is 315 g/mol. The Morgan fingerprint density at radius 3 is 2.74 bits per heavy atom. The van der Waals surface area contributed by atoms with Crippen LogP contribution < -0.4 is 10.1 Å². The summed E-state index contributed by atoms with van der Waals surface area (Å²) in [6, 6.07) is 3.06. The second-order valence-corrected chi connectivity index (χ2v) is 4.75. The number of amides is 1. The number of nitrogens with zero attached hydrogens (tertiary/aromatic N) is 2. The zero-order valence-corrected chi connectivity index (χ0v) is 12.4. The van der Waals surface area contributed by atoms with E-state index in [1.807, 2.05) is 0 Å². The zero-order chi connectivity index (χ0) is 17.0. The molecule has 2 heterocycles. The van der Waals surface area contributed by atoms with Crippen LogP contribution in [0.15, 0.2) is 22.9 Å². The minimum absolute atomic E-state index is 0.0378. The number of hydrogen-bond acceptors (Lipinski definition) is 5. The third kappa shape index (κ3) is 4.44. The number of halogens is 3. The average Bonchev–Trinajstić information content (AvgIpc) is 2.82. The molecule has 0 atom stereocenters. The topological polar surface area (TPSA) is 77.3 Å². The molecule has 0 bridgehead atoms. The lowest BCUT2D eigenvalue weighted by Crippen LogP contribution is -2.25. The Bertz CT molecular complexity index is 679. The summed E-state index contributed by atoms with van der Waals surface area (Å²) in [5.41, 5.74) is 1.06. The molecule has 0 aromatic carbocycles. The highest BCUT2D eigenvalue weighted by molar-refractivity contribution is 5.96. The van der Waals surface area contributed by atoms with Gasteiger partial charge in [-0.15, -0.1) is 0 Å². The van der Waals surface area contributed by atoms with Crippen LogP contribution in [-0.4, -0.2) is 28.8 Å². The van der Waals surface area contributed by atoms with Crippen LogP contribution in [0.4, 0.5) is 13.2 Å².